The molecule has 0 aliphatic rings. The number of hydrogen-bond acceptors (Lipinski definition) is 5. The lowest BCUT2D eigenvalue weighted by atomic mass is 10.3. The Morgan fingerprint density at radius 3 is 2.57 bits per heavy atom. The maximum absolute atomic E-state index is 4.64. The number of nitrogens with one attached hydrogen (secondary N) is 1. The monoisotopic (exact) mass is 321 g/mol. The molecule has 0 radical (unpaired) electrons. The zero-order chi connectivity index (χ0) is 15.8. The number of benzene rings is 2. The third-order valence-electron chi connectivity index (χ3n) is 3.72. The zero-order valence-electron chi connectivity index (χ0n) is 12.8. The molecule has 0 bridgehead atoms. The number of aryl methyl sites for hydroxylation is 1. The van der Waals surface area contributed by atoms with Crippen molar-refractivity contribution in [3.63, 3.8) is 0 Å². The Bertz CT molecular complexity index is 995. The van der Waals surface area contributed by atoms with Gasteiger partial charge in [0.1, 0.15) is 5.71 Å². The third-order valence-corrected chi connectivity index (χ3v) is 4.66. The van der Waals surface area contributed by atoms with Crippen LogP contribution in [0.1, 0.15) is 12.7 Å². The molecule has 2 aromatic heterocycles. The molecule has 6 heteroatoms. The lowest BCUT2D eigenvalue weighted by molar-refractivity contribution is 0.926. The molecular weight excluding hydrogens is 306 g/mol. The first-order chi connectivity index (χ1) is 11.2. The van der Waals surface area contributed by atoms with E-state index in [4.69, 9.17) is 0 Å². The fourth-order valence-electron chi connectivity index (χ4n) is 2.57. The average molecular weight is 321 g/mol. The van der Waals surface area contributed by atoms with E-state index in [1.54, 1.807) is 11.3 Å². The molecule has 2 aromatic carbocycles. The van der Waals surface area contributed by atoms with E-state index in [9.17, 15) is 0 Å². The van der Waals surface area contributed by atoms with Crippen molar-refractivity contribution < 1.29 is 0 Å². The maximum Gasteiger partial charge on any atom is 0.204 e. The summed E-state index contributed by atoms with van der Waals surface area (Å²) in [6, 6.07) is 16.1. The Morgan fingerprint density at radius 1 is 1.04 bits per heavy atom. The molecule has 1 N–H and O–H groups in total. The Labute approximate surface area is 137 Å². The second kappa shape index (κ2) is 5.48. The van der Waals surface area contributed by atoms with E-state index in [0.717, 1.165) is 37.9 Å². The number of hydrazone groups is 1. The van der Waals surface area contributed by atoms with Gasteiger partial charge in [-0.15, -0.1) is 0 Å². The van der Waals surface area contributed by atoms with Crippen molar-refractivity contribution in [2.75, 3.05) is 5.43 Å². The van der Waals surface area contributed by atoms with Crippen molar-refractivity contribution >= 4 is 43.4 Å². The van der Waals surface area contributed by atoms with Crippen LogP contribution < -0.4 is 5.43 Å². The van der Waals surface area contributed by atoms with Gasteiger partial charge in [-0.1, -0.05) is 35.6 Å². The molecule has 0 saturated heterocycles. The summed E-state index contributed by atoms with van der Waals surface area (Å²) >= 11 is 1.59. The molecule has 0 aliphatic carbocycles. The predicted molar refractivity (Wildman–Crippen MR) is 96.2 cm³/mol. The van der Waals surface area contributed by atoms with E-state index in [1.807, 2.05) is 54.9 Å². The van der Waals surface area contributed by atoms with E-state index in [1.165, 1.54) is 0 Å². The number of fused-ring (bicyclic) bond motifs is 2. The van der Waals surface area contributed by atoms with Gasteiger partial charge in [-0.3, -0.25) is 5.43 Å². The molecule has 114 valence electrons. The van der Waals surface area contributed by atoms with Crippen LogP contribution in [-0.4, -0.2) is 20.2 Å². The summed E-state index contributed by atoms with van der Waals surface area (Å²) in [5, 5.41) is 5.23. The number of imidazole rings is 1. The van der Waals surface area contributed by atoms with Crippen LogP contribution in [0.4, 0.5) is 5.13 Å². The van der Waals surface area contributed by atoms with Crippen molar-refractivity contribution in [2.24, 2.45) is 12.1 Å². The number of hydrogen-bond donors (Lipinski definition) is 1. The second-order valence-corrected chi connectivity index (χ2v) is 6.31. The highest BCUT2D eigenvalue weighted by atomic mass is 32.1. The SMILES string of the molecule is C/C(=N\Nc1nc2ccccc2s1)c1nc2ccccc2n1C. The summed E-state index contributed by atoms with van der Waals surface area (Å²) < 4.78 is 3.19. The average Bonchev–Trinajstić information content (AvgIpc) is 3.14. The van der Waals surface area contributed by atoms with E-state index >= 15 is 0 Å². The van der Waals surface area contributed by atoms with Crippen LogP contribution >= 0.6 is 11.3 Å². The number of nitrogens with zero attached hydrogens (tertiary/aromatic N) is 4. The van der Waals surface area contributed by atoms with Crippen molar-refractivity contribution in [3.8, 4) is 0 Å². The van der Waals surface area contributed by atoms with Crippen LogP contribution in [-0.2, 0) is 7.05 Å². The van der Waals surface area contributed by atoms with Crippen molar-refractivity contribution in [1.29, 1.82) is 0 Å². The van der Waals surface area contributed by atoms with E-state index in [-0.39, 0.29) is 0 Å². The molecule has 4 rings (SSSR count). The molecule has 0 atom stereocenters. The van der Waals surface area contributed by atoms with Gasteiger partial charge >= 0.3 is 0 Å². The highest BCUT2D eigenvalue weighted by Crippen LogP contribution is 2.25. The van der Waals surface area contributed by atoms with Crippen LogP contribution in [0.5, 0.6) is 0 Å². The van der Waals surface area contributed by atoms with E-state index in [2.05, 4.69) is 32.6 Å². The second-order valence-electron chi connectivity index (χ2n) is 5.28. The smallest absolute Gasteiger partial charge is 0.204 e. The van der Waals surface area contributed by atoms with Crippen LogP contribution in [0.3, 0.4) is 0 Å². The van der Waals surface area contributed by atoms with Gasteiger partial charge < -0.3 is 4.57 Å². The van der Waals surface area contributed by atoms with Gasteiger partial charge in [0.2, 0.25) is 5.13 Å². The summed E-state index contributed by atoms with van der Waals surface area (Å²) in [7, 11) is 2.00. The Balaban J connectivity index is 1.65. The first kappa shape index (κ1) is 13.9. The van der Waals surface area contributed by atoms with Crippen LogP contribution in [0.15, 0.2) is 53.6 Å². The molecule has 5 nitrogen and oxygen atoms in total. The number of aromatic nitrogens is 3. The molecule has 0 spiro atoms. The lowest BCUT2D eigenvalue weighted by Crippen LogP contribution is -2.07. The van der Waals surface area contributed by atoms with Crippen LogP contribution in [0, 0.1) is 0 Å². The minimum Gasteiger partial charge on any atom is -0.326 e. The van der Waals surface area contributed by atoms with Gasteiger partial charge in [-0.2, -0.15) is 5.10 Å². The summed E-state index contributed by atoms with van der Waals surface area (Å²) in [6.45, 7) is 1.95. The standard InChI is InChI=1S/C17H15N5S/c1-11(16-18-12-7-3-5-9-14(12)22(16)2)20-21-17-19-13-8-4-6-10-15(13)23-17/h3-10H,1-2H3,(H,19,21)/b20-11+. The molecule has 0 saturated carbocycles. The van der Waals surface area contributed by atoms with Gasteiger partial charge in [-0.25, -0.2) is 9.97 Å². The molecule has 23 heavy (non-hydrogen) atoms. The molecular formula is C17H15N5S. The Morgan fingerprint density at radius 2 is 1.78 bits per heavy atom. The minimum atomic E-state index is 0.782. The normalized spacial score (nSPS) is 12.2. The Kier molecular flexibility index (Phi) is 3.31. The molecule has 0 aliphatic heterocycles. The largest absolute Gasteiger partial charge is 0.326 e. The highest BCUT2D eigenvalue weighted by Gasteiger charge is 2.10. The maximum atomic E-state index is 4.64. The Hall–Kier alpha value is -2.73. The van der Waals surface area contributed by atoms with E-state index in [0.29, 0.717) is 0 Å². The quantitative estimate of drug-likeness (QED) is 0.458. The van der Waals surface area contributed by atoms with Crippen molar-refractivity contribution in [3.05, 3.63) is 54.4 Å². The predicted octanol–water partition coefficient (Wildman–Crippen LogP) is 4.02. The van der Waals surface area contributed by atoms with Gasteiger partial charge in [0, 0.05) is 7.05 Å². The summed E-state index contributed by atoms with van der Waals surface area (Å²) in [5.74, 6) is 0.847. The van der Waals surface area contributed by atoms with Gasteiger partial charge in [0.25, 0.3) is 0 Å². The lowest BCUT2D eigenvalue weighted by Gasteiger charge is -2.01. The summed E-state index contributed by atoms with van der Waals surface area (Å²) in [4.78, 5) is 9.16. The first-order valence-corrected chi connectivity index (χ1v) is 8.12. The first-order valence-electron chi connectivity index (χ1n) is 7.30. The highest BCUT2D eigenvalue weighted by molar-refractivity contribution is 7.22. The van der Waals surface area contributed by atoms with Crippen molar-refractivity contribution in [1.82, 2.24) is 14.5 Å². The molecule has 2 heterocycles. The number of para-hydroxylation sites is 3. The van der Waals surface area contributed by atoms with Gasteiger partial charge in [-0.05, 0) is 31.2 Å². The minimum absolute atomic E-state index is 0.782. The topological polar surface area (TPSA) is 55.1 Å². The molecule has 0 amide bonds. The fraction of sp³-hybridized carbons (Fsp3) is 0.118. The van der Waals surface area contributed by atoms with E-state index < -0.39 is 0 Å². The molecule has 4 aromatic rings. The van der Waals surface area contributed by atoms with Gasteiger partial charge in [0.15, 0.2) is 5.82 Å². The summed E-state index contributed by atoms with van der Waals surface area (Å²) in [5.41, 5.74) is 6.92. The van der Waals surface area contributed by atoms with Crippen LogP contribution in [0.2, 0.25) is 0 Å². The summed E-state index contributed by atoms with van der Waals surface area (Å²) in [6.07, 6.45) is 0. The number of anilines is 1. The zero-order valence-corrected chi connectivity index (χ0v) is 13.6. The fourth-order valence-corrected chi connectivity index (χ4v) is 3.38. The number of thiazole rings is 1. The number of rotatable bonds is 3. The molecule has 0 unspecified atom stereocenters. The third kappa shape index (κ3) is 2.47. The van der Waals surface area contributed by atoms with Gasteiger partial charge in [0.05, 0.1) is 21.3 Å². The van der Waals surface area contributed by atoms with Crippen molar-refractivity contribution in [2.45, 2.75) is 6.92 Å². The van der Waals surface area contributed by atoms with Crippen LogP contribution in [0.25, 0.3) is 21.3 Å². The molecule has 0 fully saturated rings.